The van der Waals surface area contributed by atoms with Gasteiger partial charge in [-0.05, 0) is 50.4 Å². The van der Waals surface area contributed by atoms with Gasteiger partial charge in [0.15, 0.2) is 0 Å². The molecular weight excluding hydrogens is 377 g/mol. The zero-order chi connectivity index (χ0) is 20.3. The topological polar surface area (TPSA) is 61.4 Å². The van der Waals surface area contributed by atoms with Crippen molar-refractivity contribution in [1.29, 1.82) is 0 Å². The molecule has 7 heteroatoms. The molecule has 1 aliphatic rings. The average Bonchev–Trinajstić information content (AvgIpc) is 3.18. The van der Waals surface area contributed by atoms with E-state index in [-0.39, 0.29) is 11.8 Å². The van der Waals surface area contributed by atoms with Gasteiger partial charge in [0.05, 0.1) is 16.8 Å². The first-order chi connectivity index (χ1) is 13.4. The van der Waals surface area contributed by atoms with Gasteiger partial charge < -0.3 is 15.5 Å². The van der Waals surface area contributed by atoms with E-state index < -0.39 is 5.82 Å². The first-order valence-electron chi connectivity index (χ1n) is 9.36. The van der Waals surface area contributed by atoms with Crippen LogP contribution >= 0.6 is 11.3 Å². The summed E-state index contributed by atoms with van der Waals surface area (Å²) in [5.74, 6) is -0.767. The van der Waals surface area contributed by atoms with Gasteiger partial charge in [0, 0.05) is 28.4 Å². The largest absolute Gasteiger partial charge is 0.351 e. The number of carbonyl (C=O) groups excluding carboxylic acids is 2. The minimum Gasteiger partial charge on any atom is -0.351 e. The van der Waals surface area contributed by atoms with Crippen LogP contribution in [0.5, 0.6) is 0 Å². The lowest BCUT2D eigenvalue weighted by Crippen LogP contribution is -2.34. The summed E-state index contributed by atoms with van der Waals surface area (Å²) >= 11 is 1.46. The first kappa shape index (κ1) is 20.2. The highest BCUT2D eigenvalue weighted by atomic mass is 32.1. The molecule has 148 valence electrons. The van der Waals surface area contributed by atoms with Crippen LogP contribution in [0.15, 0.2) is 24.3 Å². The summed E-state index contributed by atoms with van der Waals surface area (Å²) in [5, 5.41) is 5.64. The molecule has 0 radical (unpaired) electrons. The number of rotatable bonds is 7. The van der Waals surface area contributed by atoms with Gasteiger partial charge in [-0.3, -0.25) is 9.59 Å². The minimum atomic E-state index is -0.393. The highest BCUT2D eigenvalue weighted by Crippen LogP contribution is 2.35. The Bertz CT molecular complexity index is 932. The molecule has 3 rings (SSSR count). The zero-order valence-corrected chi connectivity index (χ0v) is 17.1. The van der Waals surface area contributed by atoms with Crippen LogP contribution < -0.4 is 10.6 Å². The molecule has 2 N–H and O–H groups in total. The van der Waals surface area contributed by atoms with Crippen molar-refractivity contribution in [1.82, 2.24) is 10.2 Å². The van der Waals surface area contributed by atoms with Crippen LogP contribution in [-0.4, -0.2) is 42.9 Å². The van der Waals surface area contributed by atoms with Crippen molar-refractivity contribution >= 4 is 40.5 Å². The summed E-state index contributed by atoms with van der Waals surface area (Å²) in [6, 6.07) is 6.04. The molecule has 0 atom stereocenters. The number of likely N-dealkylation sites (N-methyl/N-ethyl adjacent to an activating group) is 1. The molecule has 2 heterocycles. The number of fused-ring (bicyclic) bond motifs is 1. The molecule has 0 unspecified atom stereocenters. The van der Waals surface area contributed by atoms with Crippen LogP contribution in [0.25, 0.3) is 11.6 Å². The van der Waals surface area contributed by atoms with Crippen LogP contribution in [0.4, 0.5) is 10.1 Å². The summed E-state index contributed by atoms with van der Waals surface area (Å²) in [5.41, 5.74) is 2.24. The SMILES string of the molecule is CCN(CC)CCNC(=O)c1cc(/C=C2\C(=O)Nc3cc(F)ccc32)sc1C. The van der Waals surface area contributed by atoms with Gasteiger partial charge in [-0.2, -0.15) is 0 Å². The van der Waals surface area contributed by atoms with Crippen molar-refractivity contribution in [2.75, 3.05) is 31.5 Å². The molecule has 28 heavy (non-hydrogen) atoms. The van der Waals surface area contributed by atoms with E-state index in [9.17, 15) is 14.0 Å². The van der Waals surface area contributed by atoms with Crippen molar-refractivity contribution in [2.45, 2.75) is 20.8 Å². The van der Waals surface area contributed by atoms with Crippen molar-refractivity contribution in [3.8, 4) is 0 Å². The molecule has 0 saturated carbocycles. The van der Waals surface area contributed by atoms with E-state index in [0.29, 0.717) is 28.9 Å². The summed E-state index contributed by atoms with van der Waals surface area (Å²) < 4.78 is 13.4. The Morgan fingerprint density at radius 2 is 2.04 bits per heavy atom. The van der Waals surface area contributed by atoms with Gasteiger partial charge >= 0.3 is 0 Å². The number of thiophene rings is 1. The molecule has 0 fully saturated rings. The molecule has 1 aliphatic heterocycles. The Morgan fingerprint density at radius 1 is 1.29 bits per heavy atom. The van der Waals surface area contributed by atoms with Crippen LogP contribution in [0, 0.1) is 12.7 Å². The molecule has 2 aromatic rings. The van der Waals surface area contributed by atoms with Crippen LogP contribution in [0.2, 0.25) is 0 Å². The molecule has 1 aromatic carbocycles. The molecule has 1 aromatic heterocycles. The maximum atomic E-state index is 13.4. The Labute approximate surface area is 168 Å². The number of halogens is 1. The van der Waals surface area contributed by atoms with Gasteiger partial charge in [0.1, 0.15) is 5.82 Å². The number of nitrogens with one attached hydrogen (secondary N) is 2. The predicted octanol–water partition coefficient (Wildman–Crippen LogP) is 3.76. The lowest BCUT2D eigenvalue weighted by Gasteiger charge is -2.17. The van der Waals surface area contributed by atoms with Gasteiger partial charge in [0.2, 0.25) is 0 Å². The van der Waals surface area contributed by atoms with E-state index >= 15 is 0 Å². The predicted molar refractivity (Wildman–Crippen MR) is 112 cm³/mol. The number of hydrogen-bond acceptors (Lipinski definition) is 4. The quantitative estimate of drug-likeness (QED) is 0.695. The second-order valence-corrected chi connectivity index (χ2v) is 7.89. The van der Waals surface area contributed by atoms with Crippen molar-refractivity contribution in [3.63, 3.8) is 0 Å². The lowest BCUT2D eigenvalue weighted by atomic mass is 10.1. The average molecular weight is 402 g/mol. The van der Waals surface area contributed by atoms with Crippen LogP contribution in [0.3, 0.4) is 0 Å². The highest BCUT2D eigenvalue weighted by Gasteiger charge is 2.25. The fraction of sp³-hybridized carbons (Fsp3) is 0.333. The maximum Gasteiger partial charge on any atom is 0.256 e. The second kappa shape index (κ2) is 8.67. The monoisotopic (exact) mass is 401 g/mol. The highest BCUT2D eigenvalue weighted by molar-refractivity contribution is 7.13. The standard InChI is InChI=1S/C21H24FN3O2S/c1-4-25(5-2)9-8-23-20(26)17-11-15(28-13(17)3)12-18-16-7-6-14(22)10-19(16)24-21(18)27/h6-7,10-12H,4-5,8-9H2,1-3H3,(H,23,26)(H,24,27)/b18-12-. The Morgan fingerprint density at radius 3 is 2.75 bits per heavy atom. The Hall–Kier alpha value is -2.51. The Balaban J connectivity index is 1.75. The molecule has 0 saturated heterocycles. The summed E-state index contributed by atoms with van der Waals surface area (Å²) in [7, 11) is 0. The molecular formula is C21H24FN3O2S. The number of aryl methyl sites for hydroxylation is 1. The number of anilines is 1. The zero-order valence-electron chi connectivity index (χ0n) is 16.3. The van der Waals surface area contributed by atoms with E-state index in [1.165, 1.54) is 23.5 Å². The second-order valence-electron chi connectivity index (χ2n) is 6.60. The van der Waals surface area contributed by atoms with Crippen LogP contribution in [0.1, 0.15) is 39.5 Å². The van der Waals surface area contributed by atoms with Gasteiger partial charge in [-0.15, -0.1) is 11.3 Å². The fourth-order valence-electron chi connectivity index (χ4n) is 3.22. The smallest absolute Gasteiger partial charge is 0.256 e. The number of carbonyl (C=O) groups is 2. The first-order valence-corrected chi connectivity index (χ1v) is 10.2. The fourth-order valence-corrected chi connectivity index (χ4v) is 4.19. The summed E-state index contributed by atoms with van der Waals surface area (Å²) in [6.45, 7) is 9.40. The normalized spacial score (nSPS) is 14.5. The number of nitrogens with zero attached hydrogens (tertiary/aromatic N) is 1. The van der Waals surface area contributed by atoms with Gasteiger partial charge in [0.25, 0.3) is 11.8 Å². The van der Waals surface area contributed by atoms with Gasteiger partial charge in [-0.25, -0.2) is 4.39 Å². The third-order valence-electron chi connectivity index (χ3n) is 4.84. The molecule has 2 amide bonds. The van der Waals surface area contributed by atoms with E-state index in [2.05, 4.69) is 29.4 Å². The van der Waals surface area contributed by atoms with Crippen LogP contribution in [-0.2, 0) is 4.79 Å². The van der Waals surface area contributed by atoms with E-state index in [1.54, 1.807) is 18.2 Å². The maximum absolute atomic E-state index is 13.4. The van der Waals surface area contributed by atoms with Crippen molar-refractivity contribution < 1.29 is 14.0 Å². The van der Waals surface area contributed by atoms with Gasteiger partial charge in [-0.1, -0.05) is 13.8 Å². The lowest BCUT2D eigenvalue weighted by molar-refractivity contribution is -0.110. The molecule has 0 spiro atoms. The van der Waals surface area contributed by atoms with E-state index in [1.807, 2.05) is 6.92 Å². The van der Waals surface area contributed by atoms with Crippen molar-refractivity contribution in [3.05, 3.63) is 51.0 Å². The third kappa shape index (κ3) is 4.31. The summed E-state index contributed by atoms with van der Waals surface area (Å²) in [6.07, 6.45) is 1.75. The number of hydrogen-bond donors (Lipinski definition) is 2. The minimum absolute atomic E-state index is 0.107. The molecule has 0 aliphatic carbocycles. The molecule has 0 bridgehead atoms. The van der Waals surface area contributed by atoms with Crippen molar-refractivity contribution in [2.24, 2.45) is 0 Å². The van der Waals surface area contributed by atoms with E-state index in [4.69, 9.17) is 0 Å². The van der Waals surface area contributed by atoms with E-state index in [0.717, 1.165) is 29.4 Å². The number of amides is 2. The summed E-state index contributed by atoms with van der Waals surface area (Å²) in [4.78, 5) is 28.7. The number of benzene rings is 1. The molecule has 5 nitrogen and oxygen atoms in total. The Kier molecular flexibility index (Phi) is 6.26. The third-order valence-corrected chi connectivity index (χ3v) is 5.84.